The molecule has 1 unspecified atom stereocenters. The van der Waals surface area contributed by atoms with E-state index in [2.05, 4.69) is 15.6 Å². The van der Waals surface area contributed by atoms with Gasteiger partial charge in [0.1, 0.15) is 6.54 Å². The van der Waals surface area contributed by atoms with Crippen LogP contribution in [0, 0.1) is 11.3 Å². The third-order valence-corrected chi connectivity index (χ3v) is 4.89. The fourth-order valence-corrected chi connectivity index (χ4v) is 3.66. The van der Waals surface area contributed by atoms with Gasteiger partial charge >= 0.3 is 0 Å². The molecule has 1 aliphatic heterocycles. The van der Waals surface area contributed by atoms with Crippen molar-refractivity contribution < 1.29 is 4.79 Å². The molecule has 4 rings (SSSR count). The van der Waals surface area contributed by atoms with Crippen LogP contribution >= 0.6 is 0 Å². The van der Waals surface area contributed by atoms with E-state index in [0.717, 1.165) is 30.3 Å². The van der Waals surface area contributed by atoms with E-state index in [4.69, 9.17) is 5.26 Å². The molecule has 0 saturated carbocycles. The Morgan fingerprint density at radius 1 is 1.36 bits per heavy atom. The van der Waals surface area contributed by atoms with Crippen LogP contribution in [0.4, 0.5) is 0 Å². The van der Waals surface area contributed by atoms with E-state index in [1.165, 1.54) is 0 Å². The highest BCUT2D eigenvalue weighted by Crippen LogP contribution is 2.26. The van der Waals surface area contributed by atoms with Crippen molar-refractivity contribution in [3.05, 3.63) is 54.7 Å². The van der Waals surface area contributed by atoms with Crippen molar-refractivity contribution in [1.29, 1.82) is 5.26 Å². The van der Waals surface area contributed by atoms with Crippen molar-refractivity contribution in [3.8, 4) is 6.07 Å². The van der Waals surface area contributed by atoms with Gasteiger partial charge in [0.05, 0.1) is 24.0 Å². The molecule has 25 heavy (non-hydrogen) atoms. The van der Waals surface area contributed by atoms with Crippen molar-refractivity contribution in [2.45, 2.75) is 25.4 Å². The van der Waals surface area contributed by atoms with Crippen LogP contribution in [0.3, 0.4) is 0 Å². The highest BCUT2D eigenvalue weighted by Gasteiger charge is 2.27. The Bertz CT molecular complexity index is 935. The molecule has 0 radical (unpaired) electrons. The third-order valence-electron chi connectivity index (χ3n) is 4.89. The molecule has 3 heterocycles. The third kappa shape index (κ3) is 2.78. The zero-order chi connectivity index (χ0) is 17.2. The number of nitriles is 1. The van der Waals surface area contributed by atoms with Gasteiger partial charge in [0, 0.05) is 42.6 Å². The number of benzene rings is 1. The van der Waals surface area contributed by atoms with Crippen LogP contribution in [0.1, 0.15) is 29.2 Å². The second-order valence-electron chi connectivity index (χ2n) is 6.40. The average molecular weight is 333 g/mol. The minimum Gasteiger partial charge on any atom is -0.337 e. The molecule has 3 aromatic rings. The van der Waals surface area contributed by atoms with Crippen molar-refractivity contribution in [3.63, 3.8) is 0 Å². The molecule has 1 aromatic carbocycles. The van der Waals surface area contributed by atoms with Crippen molar-refractivity contribution >= 4 is 16.8 Å². The largest absolute Gasteiger partial charge is 0.337 e. The van der Waals surface area contributed by atoms with Gasteiger partial charge in [-0.25, -0.2) is 4.98 Å². The highest BCUT2D eigenvalue weighted by atomic mass is 16.2. The monoisotopic (exact) mass is 333 g/mol. The molecular formula is C19H19N5O. The Kier molecular flexibility index (Phi) is 3.98. The van der Waals surface area contributed by atoms with E-state index in [1.807, 2.05) is 52.5 Å². The maximum Gasteiger partial charge on any atom is 0.256 e. The number of carbonyl (C=O) groups is 1. The summed E-state index contributed by atoms with van der Waals surface area (Å²) >= 11 is 0. The topological polar surface area (TPSA) is 66.8 Å². The molecular weight excluding hydrogens is 314 g/mol. The van der Waals surface area contributed by atoms with Gasteiger partial charge in [-0.15, -0.1) is 0 Å². The first-order valence-electron chi connectivity index (χ1n) is 8.49. The Morgan fingerprint density at radius 3 is 3.04 bits per heavy atom. The van der Waals surface area contributed by atoms with Gasteiger partial charge in [-0.3, -0.25) is 4.79 Å². The van der Waals surface area contributed by atoms with Gasteiger partial charge in [-0.2, -0.15) is 5.26 Å². The lowest BCUT2D eigenvalue weighted by Crippen LogP contribution is -2.40. The Hall–Kier alpha value is -3.07. The zero-order valence-corrected chi connectivity index (χ0v) is 13.9. The predicted molar refractivity (Wildman–Crippen MR) is 94.0 cm³/mol. The summed E-state index contributed by atoms with van der Waals surface area (Å²) < 4.78 is 3.93. The van der Waals surface area contributed by atoms with E-state index in [0.29, 0.717) is 12.1 Å². The van der Waals surface area contributed by atoms with Crippen LogP contribution in [0.25, 0.3) is 10.9 Å². The number of imidazole rings is 1. The van der Waals surface area contributed by atoms with Crippen molar-refractivity contribution in [1.82, 2.24) is 19.0 Å². The van der Waals surface area contributed by atoms with Crippen molar-refractivity contribution in [2.75, 3.05) is 13.1 Å². The minimum atomic E-state index is 0.0395. The molecule has 0 aliphatic carbocycles. The number of para-hydroxylation sites is 1. The molecule has 1 saturated heterocycles. The summed E-state index contributed by atoms with van der Waals surface area (Å²) in [6.07, 6.45) is 9.39. The summed E-state index contributed by atoms with van der Waals surface area (Å²) in [7, 11) is 0. The van der Waals surface area contributed by atoms with Gasteiger partial charge in [0.2, 0.25) is 0 Å². The second kappa shape index (κ2) is 6.44. The van der Waals surface area contributed by atoms with Crippen LogP contribution in [-0.2, 0) is 6.54 Å². The van der Waals surface area contributed by atoms with Gasteiger partial charge in [0.25, 0.3) is 5.91 Å². The number of hydrogen-bond acceptors (Lipinski definition) is 3. The average Bonchev–Trinajstić information content (AvgIpc) is 3.30. The Labute approximate surface area is 145 Å². The maximum atomic E-state index is 13.2. The minimum absolute atomic E-state index is 0.0395. The zero-order valence-electron chi connectivity index (χ0n) is 13.9. The molecule has 1 fully saturated rings. The van der Waals surface area contributed by atoms with Crippen LogP contribution in [0.5, 0.6) is 0 Å². The van der Waals surface area contributed by atoms with Crippen molar-refractivity contribution in [2.24, 2.45) is 0 Å². The summed E-state index contributed by atoms with van der Waals surface area (Å²) in [6, 6.07) is 10.2. The summed E-state index contributed by atoms with van der Waals surface area (Å²) in [5.74, 6) is 0.0395. The van der Waals surface area contributed by atoms with Gasteiger partial charge in [0.15, 0.2) is 0 Å². The maximum absolute atomic E-state index is 13.2. The molecule has 126 valence electrons. The molecule has 0 spiro atoms. The Balaban J connectivity index is 1.64. The van der Waals surface area contributed by atoms with Gasteiger partial charge in [-0.05, 0) is 18.9 Å². The number of likely N-dealkylation sites (tertiary alicyclic amines) is 1. The molecule has 1 atom stereocenters. The second-order valence-corrected chi connectivity index (χ2v) is 6.40. The molecule has 2 aromatic heterocycles. The van der Waals surface area contributed by atoms with E-state index in [1.54, 1.807) is 6.20 Å². The van der Waals surface area contributed by atoms with Crippen LogP contribution in [0.2, 0.25) is 0 Å². The smallest absolute Gasteiger partial charge is 0.256 e. The first-order valence-corrected chi connectivity index (χ1v) is 8.49. The summed E-state index contributed by atoms with van der Waals surface area (Å²) in [5, 5.41) is 9.95. The van der Waals surface area contributed by atoms with Crippen LogP contribution in [-0.4, -0.2) is 38.0 Å². The van der Waals surface area contributed by atoms with Gasteiger partial charge in [-0.1, -0.05) is 18.2 Å². The fourth-order valence-electron chi connectivity index (χ4n) is 3.66. The fraction of sp³-hybridized carbons (Fsp3) is 0.316. The SMILES string of the molecule is N#CCn1cc(C(=O)N2CCCC(n3ccnc3)C2)c2ccccc21. The first kappa shape index (κ1) is 15.5. The quantitative estimate of drug-likeness (QED) is 0.740. The van der Waals surface area contributed by atoms with E-state index >= 15 is 0 Å². The van der Waals surface area contributed by atoms with E-state index < -0.39 is 0 Å². The van der Waals surface area contributed by atoms with Crippen LogP contribution in [0.15, 0.2) is 49.2 Å². The number of aromatic nitrogens is 3. The lowest BCUT2D eigenvalue weighted by Gasteiger charge is -2.33. The normalized spacial score (nSPS) is 17.6. The number of piperidine rings is 1. The summed E-state index contributed by atoms with van der Waals surface area (Å²) in [6.45, 7) is 1.69. The standard InChI is InChI=1S/C19H19N5O/c20-7-10-22-13-17(16-5-1-2-6-18(16)22)19(25)23-9-3-4-15(12-23)24-11-8-21-14-24/h1-2,5-6,8,11,13-15H,3-4,9-10,12H2. The molecule has 0 N–H and O–H groups in total. The van der Waals surface area contributed by atoms with Crippen LogP contribution < -0.4 is 0 Å². The molecule has 1 amide bonds. The molecule has 6 heteroatoms. The molecule has 1 aliphatic rings. The number of rotatable bonds is 3. The van der Waals surface area contributed by atoms with E-state index in [-0.39, 0.29) is 18.5 Å². The van der Waals surface area contributed by atoms with E-state index in [9.17, 15) is 4.79 Å². The number of hydrogen-bond donors (Lipinski definition) is 0. The Morgan fingerprint density at radius 2 is 2.24 bits per heavy atom. The number of carbonyl (C=O) groups excluding carboxylic acids is 1. The summed E-state index contributed by atoms with van der Waals surface area (Å²) in [4.78, 5) is 19.2. The van der Waals surface area contributed by atoms with Gasteiger partial charge < -0.3 is 14.0 Å². The number of nitrogens with zero attached hydrogens (tertiary/aromatic N) is 5. The highest BCUT2D eigenvalue weighted by molar-refractivity contribution is 6.07. The molecule has 6 nitrogen and oxygen atoms in total. The number of amides is 1. The number of fused-ring (bicyclic) bond motifs is 1. The predicted octanol–water partition coefficient (Wildman–Crippen LogP) is 2.84. The molecule has 0 bridgehead atoms. The first-order chi connectivity index (χ1) is 12.3. The lowest BCUT2D eigenvalue weighted by molar-refractivity contribution is 0.0681. The summed E-state index contributed by atoms with van der Waals surface area (Å²) in [5.41, 5.74) is 1.60. The lowest BCUT2D eigenvalue weighted by atomic mass is 10.0.